The van der Waals surface area contributed by atoms with E-state index in [1.54, 1.807) is 6.92 Å². The number of benzene rings is 2. The molecule has 0 aliphatic heterocycles. The molecule has 0 aliphatic rings. The summed E-state index contributed by atoms with van der Waals surface area (Å²) in [6, 6.07) is 27.0. The molecule has 0 N–H and O–H groups in total. The van der Waals surface area contributed by atoms with E-state index >= 15 is 0 Å². The van der Waals surface area contributed by atoms with Crippen molar-refractivity contribution < 1.29 is 33.3 Å². The van der Waals surface area contributed by atoms with Crippen LogP contribution in [0.1, 0.15) is 29.7 Å². The molecule has 0 aliphatic carbocycles. The molecule has 122 valence electrons. The lowest BCUT2D eigenvalue weighted by atomic mass is 9.88. The van der Waals surface area contributed by atoms with Crippen molar-refractivity contribution in [2.45, 2.75) is 19.4 Å². The Labute approximate surface area is 160 Å². The van der Waals surface area contributed by atoms with Gasteiger partial charge in [0.1, 0.15) is 0 Å². The van der Waals surface area contributed by atoms with E-state index in [1.807, 2.05) is 35.0 Å². The molecule has 0 saturated carbocycles. The summed E-state index contributed by atoms with van der Waals surface area (Å²) < 4.78 is 2.05. The smallest absolute Gasteiger partial charge is 0.206 e. The largest absolute Gasteiger partial charge is 1.00 e. The summed E-state index contributed by atoms with van der Waals surface area (Å²) in [6.45, 7) is 2.02. The summed E-state index contributed by atoms with van der Waals surface area (Å²) in [6.07, 6.45) is 1.98. The van der Waals surface area contributed by atoms with Gasteiger partial charge in [0.05, 0.1) is 5.92 Å². The van der Waals surface area contributed by atoms with Gasteiger partial charge in [0, 0.05) is 19.1 Å². The first kappa shape index (κ1) is 18.3. The van der Waals surface area contributed by atoms with Crippen LogP contribution in [0.2, 0.25) is 0 Å². The number of aromatic nitrogens is 1. The molecule has 3 aromatic rings. The Balaban J connectivity index is 0.00000208. The highest BCUT2D eigenvalue weighted by molar-refractivity contribution is 5.73. The molecule has 0 radical (unpaired) electrons. The average Bonchev–Trinajstić information content (AvgIpc) is 2.58. The molecule has 1 aromatic heterocycles. The number of halogens is 1. The van der Waals surface area contributed by atoms with E-state index in [2.05, 4.69) is 54.6 Å². The van der Waals surface area contributed by atoms with Crippen LogP contribution in [-0.2, 0) is 11.3 Å². The Morgan fingerprint density at radius 1 is 0.833 bits per heavy atom. The second-order valence-corrected chi connectivity index (χ2v) is 5.71. The van der Waals surface area contributed by atoms with Crippen molar-refractivity contribution >= 4 is 5.78 Å². The van der Waals surface area contributed by atoms with Crippen molar-refractivity contribution in [3.05, 3.63) is 102 Å². The number of carbonyl (C=O) groups is 1. The topological polar surface area (TPSA) is 20.9 Å². The Morgan fingerprint density at radius 2 is 1.33 bits per heavy atom. The van der Waals surface area contributed by atoms with Crippen LogP contribution in [0.4, 0.5) is 0 Å². The van der Waals surface area contributed by atoms with Crippen molar-refractivity contribution in [2.75, 3.05) is 0 Å². The fraction of sp³-hybridized carbons (Fsp3) is 0.143. The van der Waals surface area contributed by atoms with Crippen LogP contribution in [0.25, 0.3) is 0 Å². The molecule has 2 aromatic carbocycles. The molecular formula is C21H20INO. The van der Waals surface area contributed by atoms with Gasteiger partial charge in [0.15, 0.2) is 17.7 Å². The number of hydrogen-bond acceptors (Lipinski definition) is 1. The van der Waals surface area contributed by atoms with Gasteiger partial charge in [-0.1, -0.05) is 66.7 Å². The van der Waals surface area contributed by atoms with E-state index in [-0.39, 0.29) is 35.7 Å². The van der Waals surface area contributed by atoms with E-state index in [0.29, 0.717) is 6.54 Å². The number of hydrogen-bond donors (Lipinski definition) is 0. The Bertz CT molecular complexity index is 748. The monoisotopic (exact) mass is 429 g/mol. The number of nitrogens with zero attached hydrogens (tertiary/aromatic N) is 1. The van der Waals surface area contributed by atoms with Crippen molar-refractivity contribution in [3.8, 4) is 0 Å². The van der Waals surface area contributed by atoms with Gasteiger partial charge in [0.25, 0.3) is 0 Å². The van der Waals surface area contributed by atoms with Crippen LogP contribution in [0, 0.1) is 0 Å². The highest BCUT2D eigenvalue weighted by Gasteiger charge is 2.25. The van der Waals surface area contributed by atoms with Crippen LogP contribution < -0.4 is 28.5 Å². The molecule has 3 heteroatoms. The van der Waals surface area contributed by atoms with Gasteiger partial charge in [-0.25, -0.2) is 0 Å². The van der Waals surface area contributed by atoms with Gasteiger partial charge in [-0.2, -0.15) is 4.57 Å². The predicted octanol–water partition coefficient (Wildman–Crippen LogP) is 0.747. The number of pyridine rings is 1. The van der Waals surface area contributed by atoms with Crippen molar-refractivity contribution in [1.82, 2.24) is 0 Å². The standard InChI is InChI=1S/C21H20NO.HI/c1-17(23)16-22-15-9-8-14-20(22)21(18-10-4-2-5-11-18)19-12-6-3-7-13-19;/h2-15,21H,16H2,1H3;1H/q+1;/p-1. The lowest BCUT2D eigenvalue weighted by molar-refractivity contribution is -0.692. The minimum Gasteiger partial charge on any atom is -1.00 e. The summed E-state index contributed by atoms with van der Waals surface area (Å²) in [5.41, 5.74) is 3.57. The van der Waals surface area contributed by atoms with Crippen molar-refractivity contribution in [1.29, 1.82) is 0 Å². The van der Waals surface area contributed by atoms with Gasteiger partial charge >= 0.3 is 0 Å². The number of carbonyl (C=O) groups excluding carboxylic acids is 1. The lowest BCUT2D eigenvalue weighted by Gasteiger charge is -2.16. The fourth-order valence-electron chi connectivity index (χ4n) is 2.96. The number of Topliss-reactive ketones (excluding diaryl/α,β-unsaturated/α-hetero) is 1. The zero-order valence-electron chi connectivity index (χ0n) is 13.6. The Morgan fingerprint density at radius 3 is 1.83 bits per heavy atom. The predicted molar refractivity (Wildman–Crippen MR) is 91.1 cm³/mol. The first-order chi connectivity index (χ1) is 11.3. The van der Waals surface area contributed by atoms with Gasteiger partial charge in [-0.15, -0.1) is 0 Å². The zero-order valence-corrected chi connectivity index (χ0v) is 15.8. The highest BCUT2D eigenvalue weighted by atomic mass is 127. The molecule has 0 spiro atoms. The van der Waals surface area contributed by atoms with E-state index < -0.39 is 0 Å². The summed E-state index contributed by atoms with van der Waals surface area (Å²) in [4.78, 5) is 11.6. The van der Waals surface area contributed by atoms with Gasteiger partial charge < -0.3 is 24.0 Å². The molecule has 0 amide bonds. The molecule has 0 atom stereocenters. The molecule has 0 saturated heterocycles. The van der Waals surface area contributed by atoms with Crippen LogP contribution in [0.5, 0.6) is 0 Å². The fourth-order valence-corrected chi connectivity index (χ4v) is 2.96. The summed E-state index contributed by atoms with van der Waals surface area (Å²) in [5.74, 6) is 0.264. The minimum absolute atomic E-state index is 0. The number of rotatable bonds is 5. The SMILES string of the molecule is CC(=O)C[n+]1ccccc1C(c1ccccc1)c1ccccc1.[I-]. The molecule has 2 nitrogen and oxygen atoms in total. The van der Waals surface area contributed by atoms with Crippen LogP contribution in [0.15, 0.2) is 85.1 Å². The Hall–Kier alpha value is -2.01. The van der Waals surface area contributed by atoms with Crippen molar-refractivity contribution in [2.24, 2.45) is 0 Å². The van der Waals surface area contributed by atoms with Crippen molar-refractivity contribution in [3.63, 3.8) is 0 Å². The van der Waals surface area contributed by atoms with E-state index in [9.17, 15) is 4.79 Å². The van der Waals surface area contributed by atoms with Crippen LogP contribution in [0.3, 0.4) is 0 Å². The van der Waals surface area contributed by atoms with E-state index in [0.717, 1.165) is 5.69 Å². The maximum atomic E-state index is 11.6. The quantitative estimate of drug-likeness (QED) is 0.433. The highest BCUT2D eigenvalue weighted by Crippen LogP contribution is 2.29. The molecule has 24 heavy (non-hydrogen) atoms. The first-order valence-electron chi connectivity index (χ1n) is 7.83. The van der Waals surface area contributed by atoms with E-state index in [1.165, 1.54) is 11.1 Å². The maximum absolute atomic E-state index is 11.6. The molecule has 0 unspecified atom stereocenters. The summed E-state index contributed by atoms with van der Waals surface area (Å²) in [5, 5.41) is 0. The normalized spacial score (nSPS) is 10.2. The Kier molecular flexibility index (Phi) is 6.67. The zero-order chi connectivity index (χ0) is 16.1. The van der Waals surface area contributed by atoms with Crippen LogP contribution >= 0.6 is 0 Å². The van der Waals surface area contributed by atoms with E-state index in [4.69, 9.17) is 0 Å². The third-order valence-corrected chi connectivity index (χ3v) is 3.93. The number of ketones is 1. The third-order valence-electron chi connectivity index (χ3n) is 3.93. The first-order valence-corrected chi connectivity index (χ1v) is 7.83. The lowest BCUT2D eigenvalue weighted by Crippen LogP contribution is -3.00. The maximum Gasteiger partial charge on any atom is 0.206 e. The van der Waals surface area contributed by atoms with Gasteiger partial charge in [-0.05, 0) is 11.1 Å². The molecular weight excluding hydrogens is 409 g/mol. The molecule has 3 rings (SSSR count). The second-order valence-electron chi connectivity index (χ2n) is 5.71. The third kappa shape index (κ3) is 4.29. The molecule has 1 heterocycles. The second kappa shape index (κ2) is 8.73. The van der Waals surface area contributed by atoms with Crippen LogP contribution in [-0.4, -0.2) is 5.78 Å². The van der Waals surface area contributed by atoms with Gasteiger partial charge in [-0.3, -0.25) is 4.79 Å². The molecule has 0 bridgehead atoms. The molecule has 0 fully saturated rings. The summed E-state index contributed by atoms with van der Waals surface area (Å²) in [7, 11) is 0. The minimum atomic E-state index is 0. The van der Waals surface area contributed by atoms with Gasteiger partial charge in [0.2, 0.25) is 6.54 Å². The average molecular weight is 429 g/mol. The summed E-state index contributed by atoms with van der Waals surface area (Å²) >= 11 is 0.